The van der Waals surface area contributed by atoms with Crippen LogP contribution in [0, 0.1) is 17.2 Å². The molecule has 1 amide bonds. The summed E-state index contributed by atoms with van der Waals surface area (Å²) in [6, 6.07) is 3.37. The fourth-order valence-corrected chi connectivity index (χ4v) is 3.00. The molecule has 0 aliphatic heterocycles. The molecule has 0 aromatic heterocycles. The predicted molar refractivity (Wildman–Crippen MR) is 77.7 cm³/mol. The number of anilines is 1. The second kappa shape index (κ2) is 5.84. The molecule has 0 spiro atoms. The Kier molecular flexibility index (Phi) is 4.30. The fourth-order valence-electron chi connectivity index (χ4n) is 3.00. The normalized spacial score (nSPS) is 20.8. The quantitative estimate of drug-likeness (QED) is 0.893. The number of carbonyl (C=O) groups is 2. The van der Waals surface area contributed by atoms with E-state index in [1.165, 1.54) is 6.07 Å². The summed E-state index contributed by atoms with van der Waals surface area (Å²) in [5.74, 6) is -2.23. The molecular weight excluding hydrogens is 273 g/mol. The van der Waals surface area contributed by atoms with Gasteiger partial charge in [-0.3, -0.25) is 4.79 Å². The summed E-state index contributed by atoms with van der Waals surface area (Å²) in [7, 11) is 0. The number of rotatable bonds is 3. The molecule has 2 rings (SSSR count). The van der Waals surface area contributed by atoms with Crippen LogP contribution in [-0.2, 0) is 4.79 Å². The van der Waals surface area contributed by atoms with Crippen molar-refractivity contribution in [1.82, 2.24) is 0 Å². The Balaban J connectivity index is 2.22. The zero-order valence-corrected chi connectivity index (χ0v) is 12.3. The molecule has 0 saturated heterocycles. The van der Waals surface area contributed by atoms with E-state index in [1.54, 1.807) is 0 Å². The Morgan fingerprint density at radius 1 is 1.33 bits per heavy atom. The third-order valence-electron chi connectivity index (χ3n) is 4.29. The standard InChI is InChI=1S/C16H20FNO3/c1-16(2)8-4-3-5-12(16)14(19)18-13-7-6-10(17)9-11(13)15(20)21/h6-7,9,12H,3-5,8H2,1-2H3,(H,18,19)(H,20,21). The highest BCUT2D eigenvalue weighted by atomic mass is 19.1. The molecule has 1 fully saturated rings. The maximum atomic E-state index is 13.1. The van der Waals surface area contributed by atoms with Crippen LogP contribution < -0.4 is 5.32 Å². The van der Waals surface area contributed by atoms with Crippen LogP contribution >= 0.6 is 0 Å². The van der Waals surface area contributed by atoms with Gasteiger partial charge < -0.3 is 10.4 Å². The van der Waals surface area contributed by atoms with Crippen molar-refractivity contribution in [2.45, 2.75) is 39.5 Å². The molecule has 1 unspecified atom stereocenters. The van der Waals surface area contributed by atoms with Crippen molar-refractivity contribution in [3.8, 4) is 0 Å². The first-order valence-electron chi connectivity index (χ1n) is 7.15. The van der Waals surface area contributed by atoms with Crippen LogP contribution in [0.3, 0.4) is 0 Å². The number of amides is 1. The molecule has 0 heterocycles. The Bertz CT molecular complexity index is 569. The van der Waals surface area contributed by atoms with Gasteiger partial charge in [0.1, 0.15) is 5.82 Å². The molecule has 1 aromatic rings. The Morgan fingerprint density at radius 2 is 2.05 bits per heavy atom. The van der Waals surface area contributed by atoms with E-state index >= 15 is 0 Å². The van der Waals surface area contributed by atoms with Crippen LogP contribution in [-0.4, -0.2) is 17.0 Å². The van der Waals surface area contributed by atoms with Crippen molar-refractivity contribution in [2.24, 2.45) is 11.3 Å². The molecular formula is C16H20FNO3. The van der Waals surface area contributed by atoms with Crippen molar-refractivity contribution in [3.05, 3.63) is 29.6 Å². The third kappa shape index (κ3) is 3.40. The van der Waals surface area contributed by atoms with Crippen molar-refractivity contribution in [3.63, 3.8) is 0 Å². The first kappa shape index (κ1) is 15.5. The highest BCUT2D eigenvalue weighted by Gasteiger charge is 2.37. The van der Waals surface area contributed by atoms with E-state index in [-0.39, 0.29) is 28.5 Å². The summed E-state index contributed by atoms with van der Waals surface area (Å²) >= 11 is 0. The molecule has 21 heavy (non-hydrogen) atoms. The molecule has 1 atom stereocenters. The monoisotopic (exact) mass is 293 g/mol. The molecule has 1 aliphatic carbocycles. The second-order valence-corrected chi connectivity index (χ2v) is 6.27. The second-order valence-electron chi connectivity index (χ2n) is 6.27. The minimum absolute atomic E-state index is 0.105. The van der Waals surface area contributed by atoms with Crippen molar-refractivity contribution >= 4 is 17.6 Å². The zero-order chi connectivity index (χ0) is 15.6. The van der Waals surface area contributed by atoms with E-state index < -0.39 is 11.8 Å². The molecule has 0 bridgehead atoms. The Labute approximate surface area is 123 Å². The van der Waals surface area contributed by atoms with Crippen molar-refractivity contribution in [2.75, 3.05) is 5.32 Å². The van der Waals surface area contributed by atoms with Gasteiger partial charge in [0.15, 0.2) is 0 Å². The van der Waals surface area contributed by atoms with Gasteiger partial charge in [-0.2, -0.15) is 0 Å². The summed E-state index contributed by atoms with van der Waals surface area (Å²) in [6.07, 6.45) is 3.87. The van der Waals surface area contributed by atoms with Gasteiger partial charge >= 0.3 is 5.97 Å². The third-order valence-corrected chi connectivity index (χ3v) is 4.29. The number of carbonyl (C=O) groups excluding carboxylic acids is 1. The summed E-state index contributed by atoms with van der Waals surface area (Å²) in [6.45, 7) is 4.11. The number of hydrogen-bond acceptors (Lipinski definition) is 2. The summed E-state index contributed by atoms with van der Waals surface area (Å²) in [5.41, 5.74) is -0.182. The molecule has 0 radical (unpaired) electrons. The fraction of sp³-hybridized carbons (Fsp3) is 0.500. The van der Waals surface area contributed by atoms with Gasteiger partial charge in [-0.1, -0.05) is 26.7 Å². The van der Waals surface area contributed by atoms with E-state index in [0.29, 0.717) is 0 Å². The average molecular weight is 293 g/mol. The summed E-state index contributed by atoms with van der Waals surface area (Å²) < 4.78 is 13.1. The summed E-state index contributed by atoms with van der Waals surface area (Å²) in [4.78, 5) is 23.6. The lowest BCUT2D eigenvalue weighted by atomic mass is 9.68. The van der Waals surface area contributed by atoms with Crippen LogP contribution in [0.5, 0.6) is 0 Å². The van der Waals surface area contributed by atoms with Crippen molar-refractivity contribution < 1.29 is 19.1 Å². The zero-order valence-electron chi connectivity index (χ0n) is 12.3. The molecule has 1 saturated carbocycles. The highest BCUT2D eigenvalue weighted by molar-refractivity contribution is 6.01. The Morgan fingerprint density at radius 3 is 2.67 bits per heavy atom. The van der Waals surface area contributed by atoms with Crippen LogP contribution in [0.15, 0.2) is 18.2 Å². The number of nitrogens with one attached hydrogen (secondary N) is 1. The average Bonchev–Trinajstić information content (AvgIpc) is 2.39. The minimum Gasteiger partial charge on any atom is -0.478 e. The lowest BCUT2D eigenvalue weighted by molar-refractivity contribution is -0.124. The van der Waals surface area contributed by atoms with Crippen LogP contribution in [0.2, 0.25) is 0 Å². The lowest BCUT2D eigenvalue weighted by Crippen LogP contribution is -2.37. The molecule has 2 N–H and O–H groups in total. The van der Waals surface area contributed by atoms with Gasteiger partial charge in [0.05, 0.1) is 11.3 Å². The number of hydrogen-bond donors (Lipinski definition) is 2. The topological polar surface area (TPSA) is 66.4 Å². The molecule has 114 valence electrons. The van der Waals surface area contributed by atoms with E-state index in [0.717, 1.165) is 37.8 Å². The number of carboxylic acids is 1. The van der Waals surface area contributed by atoms with Crippen molar-refractivity contribution in [1.29, 1.82) is 0 Å². The Hall–Kier alpha value is -1.91. The van der Waals surface area contributed by atoms with Gasteiger partial charge in [-0.25, -0.2) is 9.18 Å². The molecule has 1 aromatic carbocycles. The predicted octanol–water partition coefficient (Wildman–Crippen LogP) is 3.68. The first-order chi connectivity index (χ1) is 9.81. The van der Waals surface area contributed by atoms with E-state index in [2.05, 4.69) is 19.2 Å². The van der Waals surface area contributed by atoms with Gasteiger partial charge in [-0.05, 0) is 36.5 Å². The van der Waals surface area contributed by atoms with Crippen LogP contribution in [0.1, 0.15) is 49.9 Å². The number of aromatic carboxylic acids is 1. The number of benzene rings is 1. The van der Waals surface area contributed by atoms with E-state index in [4.69, 9.17) is 5.11 Å². The largest absolute Gasteiger partial charge is 0.478 e. The van der Waals surface area contributed by atoms with Crippen LogP contribution in [0.25, 0.3) is 0 Å². The van der Waals surface area contributed by atoms with Gasteiger partial charge in [-0.15, -0.1) is 0 Å². The maximum Gasteiger partial charge on any atom is 0.337 e. The van der Waals surface area contributed by atoms with Gasteiger partial charge in [0.25, 0.3) is 0 Å². The van der Waals surface area contributed by atoms with Gasteiger partial charge in [0.2, 0.25) is 5.91 Å². The summed E-state index contributed by atoms with van der Waals surface area (Å²) in [5, 5.41) is 11.8. The maximum absolute atomic E-state index is 13.1. The number of carboxylic acid groups (broad SMARTS) is 1. The highest BCUT2D eigenvalue weighted by Crippen LogP contribution is 2.41. The number of halogens is 1. The van der Waals surface area contributed by atoms with E-state index in [1.807, 2.05) is 0 Å². The molecule has 1 aliphatic rings. The molecule has 5 heteroatoms. The smallest absolute Gasteiger partial charge is 0.337 e. The first-order valence-corrected chi connectivity index (χ1v) is 7.15. The lowest BCUT2D eigenvalue weighted by Gasteiger charge is -2.37. The van der Waals surface area contributed by atoms with Gasteiger partial charge in [0, 0.05) is 5.92 Å². The van der Waals surface area contributed by atoms with E-state index in [9.17, 15) is 14.0 Å². The van der Waals surface area contributed by atoms with Crippen LogP contribution in [0.4, 0.5) is 10.1 Å². The minimum atomic E-state index is -1.26. The SMILES string of the molecule is CC1(C)CCCCC1C(=O)Nc1ccc(F)cc1C(=O)O. The molecule has 4 nitrogen and oxygen atoms in total.